The van der Waals surface area contributed by atoms with Gasteiger partial charge in [0.05, 0.1) is 0 Å². The maximum Gasteiger partial charge on any atom is 0.274 e. The highest BCUT2D eigenvalue weighted by atomic mass is 16.2. The van der Waals surface area contributed by atoms with E-state index in [4.69, 9.17) is 0 Å². The fourth-order valence-electron chi connectivity index (χ4n) is 6.01. The van der Waals surface area contributed by atoms with Gasteiger partial charge in [0, 0.05) is 38.9 Å². The lowest BCUT2D eigenvalue weighted by Gasteiger charge is -2.60. The van der Waals surface area contributed by atoms with Crippen LogP contribution >= 0.6 is 0 Å². The summed E-state index contributed by atoms with van der Waals surface area (Å²) in [7, 11) is 0. The summed E-state index contributed by atoms with van der Waals surface area (Å²) in [6.07, 6.45) is 6.20. The lowest BCUT2D eigenvalue weighted by Crippen LogP contribution is -2.54. The van der Waals surface area contributed by atoms with Gasteiger partial charge in [-0.15, -0.1) is 0 Å². The monoisotopic (exact) mass is 437 g/mol. The Bertz CT molecular complexity index is 1050. The predicted octanol–water partition coefficient (Wildman–Crippen LogP) is 2.05. The zero-order chi connectivity index (χ0) is 22.5. The molecule has 6 rings (SSSR count). The Balaban J connectivity index is 1.28. The minimum absolute atomic E-state index is 0.133. The fourth-order valence-corrected chi connectivity index (χ4v) is 6.01. The first-order chi connectivity index (χ1) is 15.4. The second kappa shape index (κ2) is 7.90. The molecule has 0 aromatic carbocycles. The smallest absolute Gasteiger partial charge is 0.274 e. The first-order valence-corrected chi connectivity index (χ1v) is 11.6. The van der Waals surface area contributed by atoms with Crippen LogP contribution in [0.25, 0.3) is 5.65 Å². The number of amides is 3. The van der Waals surface area contributed by atoms with Crippen molar-refractivity contribution in [1.29, 1.82) is 0 Å². The van der Waals surface area contributed by atoms with Gasteiger partial charge in [0.1, 0.15) is 17.0 Å². The molecule has 3 amide bonds. The molecule has 1 saturated heterocycles. The molecule has 32 heavy (non-hydrogen) atoms. The molecule has 3 atom stereocenters. The van der Waals surface area contributed by atoms with E-state index in [1.165, 1.54) is 19.3 Å². The van der Waals surface area contributed by atoms with Crippen molar-refractivity contribution < 1.29 is 14.4 Å². The SMILES string of the molecule is CC1(C)[C@H]2CC[C@@H](CNC(=O)c3cccc4nc(C(=O)N5CCN(C=O)CC5)cn34)[C@@H]1C2. The van der Waals surface area contributed by atoms with Crippen LogP contribution in [0.1, 0.15) is 54.1 Å². The van der Waals surface area contributed by atoms with Gasteiger partial charge in [0.15, 0.2) is 0 Å². The van der Waals surface area contributed by atoms with E-state index in [-0.39, 0.29) is 11.8 Å². The van der Waals surface area contributed by atoms with Crippen LogP contribution < -0.4 is 5.32 Å². The molecule has 4 fully saturated rings. The Kier molecular flexibility index (Phi) is 5.18. The quantitative estimate of drug-likeness (QED) is 0.726. The zero-order valence-electron chi connectivity index (χ0n) is 18.8. The van der Waals surface area contributed by atoms with Crippen LogP contribution in [0, 0.1) is 23.2 Å². The van der Waals surface area contributed by atoms with Crippen molar-refractivity contribution in [3.05, 3.63) is 35.8 Å². The molecule has 0 spiro atoms. The minimum Gasteiger partial charge on any atom is -0.350 e. The molecular weight excluding hydrogens is 406 g/mol. The standard InChI is InChI=1S/C24H31N5O3/c1-24(2)17-7-6-16(18(24)12-17)13-25-22(31)20-4-3-5-21-26-19(14-29(20)21)23(32)28-10-8-27(15-30)9-11-28/h3-5,14-18H,6-13H2,1-2H3,(H,25,31)/t16-,17-,18-/m0/s1. The van der Waals surface area contributed by atoms with Gasteiger partial charge in [-0.3, -0.25) is 18.8 Å². The number of carbonyl (C=O) groups is 3. The third kappa shape index (κ3) is 3.45. The molecule has 8 heteroatoms. The summed E-state index contributed by atoms with van der Waals surface area (Å²) in [6, 6.07) is 5.37. The van der Waals surface area contributed by atoms with Crippen molar-refractivity contribution in [3.8, 4) is 0 Å². The maximum absolute atomic E-state index is 13.0. The molecular formula is C24H31N5O3. The van der Waals surface area contributed by atoms with Gasteiger partial charge >= 0.3 is 0 Å². The van der Waals surface area contributed by atoms with Crippen molar-refractivity contribution >= 4 is 23.9 Å². The van der Waals surface area contributed by atoms with Gasteiger partial charge in [0.25, 0.3) is 11.8 Å². The number of nitrogens with one attached hydrogen (secondary N) is 1. The third-order valence-electron chi connectivity index (χ3n) is 8.22. The number of piperazine rings is 1. The van der Waals surface area contributed by atoms with Gasteiger partial charge in [-0.1, -0.05) is 19.9 Å². The Morgan fingerprint density at radius 1 is 1.19 bits per heavy atom. The summed E-state index contributed by atoms with van der Waals surface area (Å²) >= 11 is 0. The van der Waals surface area contributed by atoms with E-state index in [0.29, 0.717) is 67.0 Å². The number of hydrogen-bond donors (Lipinski definition) is 1. The fraction of sp³-hybridized carbons (Fsp3) is 0.583. The third-order valence-corrected chi connectivity index (χ3v) is 8.22. The average Bonchev–Trinajstić information content (AvgIpc) is 3.26. The molecule has 4 aliphatic rings. The minimum atomic E-state index is -0.172. The second-order valence-corrected chi connectivity index (χ2v) is 10.1. The summed E-state index contributed by atoms with van der Waals surface area (Å²) in [5.74, 6) is 1.76. The van der Waals surface area contributed by atoms with Crippen LogP contribution in [0.2, 0.25) is 0 Å². The number of imidazole rings is 1. The van der Waals surface area contributed by atoms with E-state index in [1.54, 1.807) is 38.6 Å². The highest BCUT2D eigenvalue weighted by Gasteiger charge is 2.53. The molecule has 2 aromatic heterocycles. The highest BCUT2D eigenvalue weighted by molar-refractivity contribution is 5.95. The topological polar surface area (TPSA) is 87.0 Å². The molecule has 3 saturated carbocycles. The van der Waals surface area contributed by atoms with E-state index in [0.717, 1.165) is 12.3 Å². The molecule has 0 unspecified atom stereocenters. The lowest BCUT2D eigenvalue weighted by molar-refractivity contribution is -0.119. The van der Waals surface area contributed by atoms with Gasteiger partial charge in [0.2, 0.25) is 6.41 Å². The summed E-state index contributed by atoms with van der Waals surface area (Å²) in [4.78, 5) is 44.7. The predicted molar refractivity (Wildman–Crippen MR) is 119 cm³/mol. The van der Waals surface area contributed by atoms with Gasteiger partial charge in [-0.2, -0.15) is 0 Å². The largest absolute Gasteiger partial charge is 0.350 e. The lowest BCUT2D eigenvalue weighted by atomic mass is 9.45. The van der Waals surface area contributed by atoms with Crippen LogP contribution in [0.4, 0.5) is 0 Å². The van der Waals surface area contributed by atoms with Crippen LogP contribution in [-0.2, 0) is 4.79 Å². The molecule has 1 N–H and O–H groups in total. The van der Waals surface area contributed by atoms with Crippen molar-refractivity contribution in [3.63, 3.8) is 0 Å². The number of pyridine rings is 1. The number of rotatable bonds is 5. The van der Waals surface area contributed by atoms with Crippen molar-refractivity contribution in [2.24, 2.45) is 23.2 Å². The highest BCUT2D eigenvalue weighted by Crippen LogP contribution is 2.61. The van der Waals surface area contributed by atoms with Gasteiger partial charge in [-0.05, 0) is 54.6 Å². The van der Waals surface area contributed by atoms with Gasteiger partial charge in [-0.25, -0.2) is 4.98 Å². The molecule has 170 valence electrons. The molecule has 8 nitrogen and oxygen atoms in total. The summed E-state index contributed by atoms with van der Waals surface area (Å²) < 4.78 is 1.70. The van der Waals surface area contributed by atoms with Crippen molar-refractivity contribution in [2.45, 2.75) is 33.1 Å². The van der Waals surface area contributed by atoms with Crippen molar-refractivity contribution in [2.75, 3.05) is 32.7 Å². The number of aromatic nitrogens is 2. The first kappa shape index (κ1) is 21.0. The first-order valence-electron chi connectivity index (χ1n) is 11.6. The molecule has 3 heterocycles. The Morgan fingerprint density at radius 3 is 2.66 bits per heavy atom. The van der Waals surface area contributed by atoms with E-state index >= 15 is 0 Å². The van der Waals surface area contributed by atoms with E-state index in [9.17, 15) is 14.4 Å². The van der Waals surface area contributed by atoms with Crippen LogP contribution in [0.5, 0.6) is 0 Å². The van der Waals surface area contributed by atoms with Crippen molar-refractivity contribution in [1.82, 2.24) is 24.5 Å². The number of nitrogens with zero attached hydrogens (tertiary/aromatic N) is 4. The molecule has 2 aromatic rings. The Morgan fingerprint density at radius 2 is 1.97 bits per heavy atom. The van der Waals surface area contributed by atoms with E-state index in [1.807, 2.05) is 0 Å². The maximum atomic E-state index is 13.0. The van der Waals surface area contributed by atoms with E-state index in [2.05, 4.69) is 24.1 Å². The Labute approximate surface area is 188 Å². The normalized spacial score (nSPS) is 26.5. The molecule has 3 aliphatic carbocycles. The van der Waals surface area contributed by atoms with Crippen LogP contribution in [-0.4, -0.2) is 70.1 Å². The summed E-state index contributed by atoms with van der Waals surface area (Å²) in [5.41, 5.74) is 1.78. The number of hydrogen-bond acceptors (Lipinski definition) is 4. The summed E-state index contributed by atoms with van der Waals surface area (Å²) in [5, 5.41) is 3.15. The number of fused-ring (bicyclic) bond motifs is 3. The van der Waals surface area contributed by atoms with Crippen LogP contribution in [0.15, 0.2) is 24.4 Å². The molecule has 1 aliphatic heterocycles. The molecule has 0 radical (unpaired) electrons. The summed E-state index contributed by atoms with van der Waals surface area (Å²) in [6.45, 7) is 7.44. The Hall–Kier alpha value is -2.90. The average molecular weight is 438 g/mol. The van der Waals surface area contributed by atoms with Crippen LogP contribution in [0.3, 0.4) is 0 Å². The molecule has 2 bridgehead atoms. The zero-order valence-corrected chi connectivity index (χ0v) is 18.8. The number of carbonyl (C=O) groups excluding carboxylic acids is 3. The van der Waals surface area contributed by atoms with Gasteiger partial charge < -0.3 is 15.1 Å². The van der Waals surface area contributed by atoms with E-state index < -0.39 is 0 Å². The second-order valence-electron chi connectivity index (χ2n) is 10.1.